The molecule has 1 atom stereocenters. The van der Waals surface area contributed by atoms with Crippen molar-refractivity contribution in [2.45, 2.75) is 64.4 Å². The third-order valence-corrected chi connectivity index (χ3v) is 5.69. The number of aliphatic hydroxyl groups is 1. The summed E-state index contributed by atoms with van der Waals surface area (Å²) in [5.41, 5.74) is -0.395. The van der Waals surface area contributed by atoms with E-state index in [0.29, 0.717) is 12.4 Å². The highest BCUT2D eigenvalue weighted by Crippen LogP contribution is 2.28. The van der Waals surface area contributed by atoms with Crippen LogP contribution in [0.3, 0.4) is 0 Å². The van der Waals surface area contributed by atoms with Gasteiger partial charge in [-0.15, -0.1) is 0 Å². The SMILES string of the molecule is C=CCOC(=O)c1ccc(OCC(O)COc2ccc(OCCCCCCCCCC)cc2)c([N+](=O)[O-])c1. The molecule has 0 bridgehead atoms. The van der Waals surface area contributed by atoms with E-state index in [2.05, 4.69) is 13.5 Å². The minimum Gasteiger partial charge on any atom is -0.494 e. The Morgan fingerprint density at radius 3 is 2.18 bits per heavy atom. The molecule has 0 radical (unpaired) electrons. The van der Waals surface area contributed by atoms with Crippen molar-refractivity contribution in [2.24, 2.45) is 0 Å². The van der Waals surface area contributed by atoms with Crippen molar-refractivity contribution in [2.75, 3.05) is 26.4 Å². The smallest absolute Gasteiger partial charge is 0.338 e. The van der Waals surface area contributed by atoms with E-state index in [0.717, 1.165) is 18.2 Å². The topological polar surface area (TPSA) is 117 Å². The molecule has 0 saturated carbocycles. The largest absolute Gasteiger partial charge is 0.494 e. The van der Waals surface area contributed by atoms with Gasteiger partial charge in [0.1, 0.15) is 37.4 Å². The predicted molar refractivity (Wildman–Crippen MR) is 145 cm³/mol. The molecular formula is C29H39NO8. The fraction of sp³-hybridized carbons (Fsp3) is 0.483. The molecule has 1 unspecified atom stereocenters. The molecule has 0 amide bonds. The molecule has 38 heavy (non-hydrogen) atoms. The maximum Gasteiger partial charge on any atom is 0.338 e. The number of nitrogens with zero attached hydrogens (tertiary/aromatic N) is 1. The number of rotatable bonds is 20. The lowest BCUT2D eigenvalue weighted by Gasteiger charge is -2.14. The summed E-state index contributed by atoms with van der Waals surface area (Å²) in [5.74, 6) is 0.523. The van der Waals surface area contributed by atoms with Crippen LogP contribution in [-0.4, -0.2) is 48.5 Å². The first kappa shape index (κ1) is 30.6. The third kappa shape index (κ3) is 11.6. The predicted octanol–water partition coefficient (Wildman–Crippen LogP) is 6.28. The Labute approximate surface area is 224 Å². The van der Waals surface area contributed by atoms with Gasteiger partial charge in [-0.3, -0.25) is 10.1 Å². The summed E-state index contributed by atoms with van der Waals surface area (Å²) < 4.78 is 21.7. The first-order valence-electron chi connectivity index (χ1n) is 13.2. The lowest BCUT2D eigenvalue weighted by atomic mass is 10.1. The molecule has 0 aromatic heterocycles. The van der Waals surface area contributed by atoms with Gasteiger partial charge in [-0.2, -0.15) is 0 Å². The summed E-state index contributed by atoms with van der Waals surface area (Å²) in [6.45, 7) is 6.03. The average Bonchev–Trinajstić information content (AvgIpc) is 2.93. The van der Waals surface area contributed by atoms with Crippen molar-refractivity contribution in [3.63, 3.8) is 0 Å². The Balaban J connectivity index is 1.71. The van der Waals surface area contributed by atoms with E-state index in [9.17, 15) is 20.0 Å². The van der Waals surface area contributed by atoms with Gasteiger partial charge in [0.05, 0.1) is 17.1 Å². The van der Waals surface area contributed by atoms with Crippen molar-refractivity contribution in [3.8, 4) is 17.2 Å². The van der Waals surface area contributed by atoms with Gasteiger partial charge in [-0.25, -0.2) is 4.79 Å². The summed E-state index contributed by atoms with van der Waals surface area (Å²) in [5, 5.41) is 21.6. The van der Waals surface area contributed by atoms with Crippen molar-refractivity contribution in [1.82, 2.24) is 0 Å². The number of aliphatic hydroxyl groups excluding tert-OH is 1. The van der Waals surface area contributed by atoms with Gasteiger partial charge in [0, 0.05) is 6.07 Å². The van der Waals surface area contributed by atoms with E-state index in [1.807, 2.05) is 12.1 Å². The molecule has 0 heterocycles. The quantitative estimate of drug-likeness (QED) is 0.0700. The van der Waals surface area contributed by atoms with E-state index in [-0.39, 0.29) is 31.1 Å². The molecule has 0 spiro atoms. The average molecular weight is 530 g/mol. The van der Waals surface area contributed by atoms with E-state index < -0.39 is 22.7 Å². The van der Waals surface area contributed by atoms with Gasteiger partial charge in [-0.05, 0) is 42.8 Å². The molecule has 2 aromatic rings. The molecule has 208 valence electrons. The zero-order chi connectivity index (χ0) is 27.6. The third-order valence-electron chi connectivity index (χ3n) is 5.69. The Bertz CT molecular complexity index is 993. The minimum atomic E-state index is -1.04. The van der Waals surface area contributed by atoms with E-state index in [1.54, 1.807) is 12.1 Å². The monoisotopic (exact) mass is 529 g/mol. The van der Waals surface area contributed by atoms with Crippen molar-refractivity contribution in [3.05, 3.63) is 70.8 Å². The maximum absolute atomic E-state index is 11.9. The number of unbranched alkanes of at least 4 members (excludes halogenated alkanes) is 7. The van der Waals surface area contributed by atoms with Crippen molar-refractivity contribution < 1.29 is 33.8 Å². The Morgan fingerprint density at radius 1 is 0.947 bits per heavy atom. The summed E-state index contributed by atoms with van der Waals surface area (Å²) in [6.07, 6.45) is 10.3. The van der Waals surface area contributed by atoms with Gasteiger partial charge >= 0.3 is 11.7 Å². The van der Waals surface area contributed by atoms with Crippen LogP contribution in [0.25, 0.3) is 0 Å². The molecule has 0 fully saturated rings. The zero-order valence-electron chi connectivity index (χ0n) is 22.1. The molecule has 9 nitrogen and oxygen atoms in total. The molecule has 1 N–H and O–H groups in total. The number of hydrogen-bond donors (Lipinski definition) is 1. The fourth-order valence-electron chi connectivity index (χ4n) is 3.61. The van der Waals surface area contributed by atoms with Crippen LogP contribution in [0.15, 0.2) is 55.1 Å². The summed E-state index contributed by atoms with van der Waals surface area (Å²) in [6, 6.07) is 10.9. The normalized spacial score (nSPS) is 11.4. The Kier molecular flexibility index (Phi) is 14.3. The van der Waals surface area contributed by atoms with Crippen LogP contribution in [0.5, 0.6) is 17.2 Å². The second kappa shape index (κ2) is 17.8. The Hall–Kier alpha value is -3.59. The highest BCUT2D eigenvalue weighted by atomic mass is 16.6. The fourth-order valence-corrected chi connectivity index (χ4v) is 3.61. The molecule has 0 aliphatic heterocycles. The van der Waals surface area contributed by atoms with Crippen LogP contribution < -0.4 is 14.2 Å². The van der Waals surface area contributed by atoms with Gasteiger partial charge in [0.25, 0.3) is 0 Å². The van der Waals surface area contributed by atoms with Gasteiger partial charge in [0.15, 0.2) is 5.75 Å². The highest BCUT2D eigenvalue weighted by molar-refractivity contribution is 5.90. The first-order chi connectivity index (χ1) is 18.4. The lowest BCUT2D eigenvalue weighted by Crippen LogP contribution is -2.25. The molecule has 2 rings (SSSR count). The highest BCUT2D eigenvalue weighted by Gasteiger charge is 2.20. The first-order valence-corrected chi connectivity index (χ1v) is 13.2. The minimum absolute atomic E-state index is 0.00780. The van der Waals surface area contributed by atoms with Crippen LogP contribution in [-0.2, 0) is 4.74 Å². The van der Waals surface area contributed by atoms with Gasteiger partial charge < -0.3 is 24.1 Å². The van der Waals surface area contributed by atoms with Gasteiger partial charge in [-0.1, -0.05) is 64.5 Å². The summed E-state index contributed by atoms with van der Waals surface area (Å²) >= 11 is 0. The van der Waals surface area contributed by atoms with Gasteiger partial charge in [0.2, 0.25) is 0 Å². The van der Waals surface area contributed by atoms with Crippen molar-refractivity contribution in [1.29, 1.82) is 0 Å². The molecule has 0 aliphatic rings. The van der Waals surface area contributed by atoms with Crippen LogP contribution in [0, 0.1) is 10.1 Å². The van der Waals surface area contributed by atoms with E-state index in [4.69, 9.17) is 18.9 Å². The van der Waals surface area contributed by atoms with Crippen LogP contribution in [0.1, 0.15) is 68.6 Å². The lowest BCUT2D eigenvalue weighted by molar-refractivity contribution is -0.386. The number of nitro groups is 1. The zero-order valence-corrected chi connectivity index (χ0v) is 22.1. The number of esters is 1. The van der Waals surface area contributed by atoms with Crippen LogP contribution in [0.4, 0.5) is 5.69 Å². The van der Waals surface area contributed by atoms with E-state index >= 15 is 0 Å². The second-order valence-corrected chi connectivity index (χ2v) is 8.90. The Morgan fingerprint density at radius 2 is 1.55 bits per heavy atom. The maximum atomic E-state index is 11.9. The van der Waals surface area contributed by atoms with Crippen LogP contribution in [0.2, 0.25) is 0 Å². The molecular weight excluding hydrogens is 490 g/mol. The number of carbonyl (C=O) groups is 1. The molecule has 2 aromatic carbocycles. The number of hydrogen-bond acceptors (Lipinski definition) is 8. The standard InChI is InChI=1S/C29H39NO8/c1-3-5-6-7-8-9-10-11-19-35-25-13-15-26(16-14-25)37-21-24(31)22-38-28-17-12-23(20-27(28)30(33)34)29(32)36-18-4-2/h4,12-17,20,24,31H,2-3,5-11,18-19,21-22H2,1H3. The molecule has 9 heteroatoms. The number of benzene rings is 2. The molecule has 0 aliphatic carbocycles. The number of nitro benzene ring substituents is 1. The van der Waals surface area contributed by atoms with Crippen LogP contribution >= 0.6 is 0 Å². The van der Waals surface area contributed by atoms with E-state index in [1.165, 1.54) is 63.2 Å². The summed E-state index contributed by atoms with van der Waals surface area (Å²) in [4.78, 5) is 22.7. The molecule has 0 saturated heterocycles. The summed E-state index contributed by atoms with van der Waals surface area (Å²) in [7, 11) is 0. The number of ether oxygens (including phenoxy) is 4. The second-order valence-electron chi connectivity index (χ2n) is 8.90. The number of carbonyl (C=O) groups excluding carboxylic acids is 1. The van der Waals surface area contributed by atoms with Crippen molar-refractivity contribution >= 4 is 11.7 Å².